The molecule has 1 aliphatic rings. The molecule has 144 valence electrons. The second kappa shape index (κ2) is 8.10. The zero-order valence-corrected chi connectivity index (χ0v) is 16.1. The average molecular weight is 388 g/mol. The van der Waals surface area contributed by atoms with E-state index in [9.17, 15) is 18.3 Å². The van der Waals surface area contributed by atoms with Crippen LogP contribution < -0.4 is 9.62 Å². The van der Waals surface area contributed by atoms with Crippen molar-refractivity contribution in [1.29, 1.82) is 0 Å². The second-order valence-corrected chi connectivity index (χ2v) is 8.52. The first-order valence-corrected chi connectivity index (χ1v) is 10.5. The molecule has 0 spiro atoms. The third kappa shape index (κ3) is 4.31. The van der Waals surface area contributed by atoms with Crippen molar-refractivity contribution in [2.24, 2.45) is 0 Å². The van der Waals surface area contributed by atoms with Gasteiger partial charge >= 0.3 is 0 Å². The molecule has 0 bridgehead atoms. The van der Waals surface area contributed by atoms with E-state index in [4.69, 9.17) is 0 Å². The largest absolute Gasteiger partial charge is 0.391 e. The number of aryl methyl sites for hydroxylation is 1. The van der Waals surface area contributed by atoms with Crippen LogP contribution in [0.25, 0.3) is 0 Å². The van der Waals surface area contributed by atoms with Crippen molar-refractivity contribution in [2.75, 3.05) is 16.2 Å². The molecule has 0 saturated heterocycles. The SMILES string of the molecule is CC[C@@H](O)CN(c1ccccc1)S(=O)(=O)c1ccc2c(c1)CCCC(=O)N2. The molecule has 27 heavy (non-hydrogen) atoms. The fourth-order valence-corrected chi connectivity index (χ4v) is 4.65. The lowest BCUT2D eigenvalue weighted by atomic mass is 10.1. The first kappa shape index (κ1) is 19.4. The van der Waals surface area contributed by atoms with Gasteiger partial charge < -0.3 is 10.4 Å². The topological polar surface area (TPSA) is 86.7 Å². The van der Waals surface area contributed by atoms with E-state index in [-0.39, 0.29) is 17.3 Å². The Morgan fingerprint density at radius 2 is 1.89 bits per heavy atom. The molecule has 1 amide bonds. The molecule has 2 N–H and O–H groups in total. The third-order valence-electron chi connectivity index (χ3n) is 4.68. The van der Waals surface area contributed by atoms with Crippen LogP contribution in [-0.4, -0.2) is 32.1 Å². The molecule has 3 rings (SSSR count). The number of carbonyl (C=O) groups excluding carboxylic acids is 1. The van der Waals surface area contributed by atoms with Gasteiger partial charge in [-0.05, 0) is 55.2 Å². The Morgan fingerprint density at radius 3 is 2.59 bits per heavy atom. The molecular formula is C20H24N2O4S. The summed E-state index contributed by atoms with van der Waals surface area (Å²) < 4.78 is 27.9. The number of aliphatic hydroxyl groups excluding tert-OH is 1. The molecule has 1 heterocycles. The second-order valence-electron chi connectivity index (χ2n) is 6.65. The van der Waals surface area contributed by atoms with Gasteiger partial charge in [0.25, 0.3) is 10.0 Å². The van der Waals surface area contributed by atoms with Crippen LogP contribution in [0, 0.1) is 0 Å². The van der Waals surface area contributed by atoms with Gasteiger partial charge in [-0.3, -0.25) is 9.10 Å². The predicted octanol–water partition coefficient (Wildman–Crippen LogP) is 2.93. The highest BCUT2D eigenvalue weighted by Crippen LogP contribution is 2.29. The van der Waals surface area contributed by atoms with Crippen LogP contribution in [0.5, 0.6) is 0 Å². The number of rotatable bonds is 6. The Labute approximate surface area is 159 Å². The summed E-state index contributed by atoms with van der Waals surface area (Å²) in [5.74, 6) is -0.0543. The normalized spacial score (nSPS) is 15.4. The minimum atomic E-state index is -3.86. The number of nitrogens with one attached hydrogen (secondary N) is 1. The number of fused-ring (bicyclic) bond motifs is 1. The summed E-state index contributed by atoms with van der Waals surface area (Å²) in [5, 5.41) is 12.9. The zero-order valence-electron chi connectivity index (χ0n) is 15.3. The van der Waals surface area contributed by atoms with Gasteiger partial charge in [0, 0.05) is 12.1 Å². The maximum atomic E-state index is 13.3. The number of hydrogen-bond donors (Lipinski definition) is 2. The van der Waals surface area contributed by atoms with Crippen molar-refractivity contribution in [2.45, 2.75) is 43.6 Å². The summed E-state index contributed by atoms with van der Waals surface area (Å²) in [4.78, 5) is 11.9. The molecule has 1 aliphatic heterocycles. The number of benzene rings is 2. The fraction of sp³-hybridized carbons (Fsp3) is 0.350. The number of amides is 1. The van der Waals surface area contributed by atoms with Gasteiger partial charge in [0.15, 0.2) is 0 Å². The first-order chi connectivity index (χ1) is 12.9. The first-order valence-electron chi connectivity index (χ1n) is 9.10. The molecule has 0 radical (unpaired) electrons. The van der Waals surface area contributed by atoms with E-state index < -0.39 is 16.1 Å². The minimum Gasteiger partial charge on any atom is -0.391 e. The molecule has 2 aromatic rings. The van der Waals surface area contributed by atoms with Crippen LogP contribution in [0.2, 0.25) is 0 Å². The van der Waals surface area contributed by atoms with Crippen molar-refractivity contribution in [3.63, 3.8) is 0 Å². The Morgan fingerprint density at radius 1 is 1.15 bits per heavy atom. The van der Waals surface area contributed by atoms with Gasteiger partial charge in [-0.1, -0.05) is 25.1 Å². The van der Waals surface area contributed by atoms with Gasteiger partial charge in [-0.25, -0.2) is 8.42 Å². The lowest BCUT2D eigenvalue weighted by Gasteiger charge is -2.27. The molecule has 6 nitrogen and oxygen atoms in total. The molecule has 7 heteroatoms. The number of hydrogen-bond acceptors (Lipinski definition) is 4. The molecule has 0 saturated carbocycles. The van der Waals surface area contributed by atoms with Crippen molar-refractivity contribution in [1.82, 2.24) is 0 Å². The summed E-state index contributed by atoms with van der Waals surface area (Å²) in [6.45, 7) is 1.79. The number of para-hydroxylation sites is 1. The fourth-order valence-electron chi connectivity index (χ4n) is 3.10. The zero-order chi connectivity index (χ0) is 19.4. The van der Waals surface area contributed by atoms with Crippen LogP contribution in [0.3, 0.4) is 0 Å². The quantitative estimate of drug-likeness (QED) is 0.797. The van der Waals surface area contributed by atoms with E-state index in [1.165, 1.54) is 10.4 Å². The van der Waals surface area contributed by atoms with E-state index in [1.54, 1.807) is 36.4 Å². The smallest absolute Gasteiger partial charge is 0.264 e. The number of aliphatic hydroxyl groups is 1. The predicted molar refractivity (Wildman–Crippen MR) is 105 cm³/mol. The van der Waals surface area contributed by atoms with Gasteiger partial charge in [-0.2, -0.15) is 0 Å². The lowest BCUT2D eigenvalue weighted by molar-refractivity contribution is -0.116. The molecule has 0 unspecified atom stereocenters. The highest BCUT2D eigenvalue weighted by molar-refractivity contribution is 7.92. The van der Waals surface area contributed by atoms with Gasteiger partial charge in [0.05, 0.1) is 23.2 Å². The Kier molecular flexibility index (Phi) is 5.82. The molecule has 2 aromatic carbocycles. The van der Waals surface area contributed by atoms with E-state index >= 15 is 0 Å². The van der Waals surface area contributed by atoms with Crippen molar-refractivity contribution in [3.05, 3.63) is 54.1 Å². The highest BCUT2D eigenvalue weighted by atomic mass is 32.2. The summed E-state index contributed by atoms with van der Waals surface area (Å²) in [6.07, 6.45) is 1.43. The standard InChI is InChI=1S/C20H24N2O4S/c1-2-17(23)14-22(16-8-4-3-5-9-16)27(25,26)18-11-12-19-15(13-18)7-6-10-20(24)21-19/h3-5,8-9,11-13,17,23H,2,6-7,10,14H2,1H3,(H,21,24)/t17-/m1/s1. The number of sulfonamides is 1. The Balaban J connectivity index is 2.01. The Bertz CT molecular complexity index is 913. The minimum absolute atomic E-state index is 0.0172. The molecular weight excluding hydrogens is 364 g/mol. The van der Waals surface area contributed by atoms with E-state index in [0.29, 0.717) is 37.1 Å². The number of nitrogens with zero attached hydrogens (tertiary/aromatic N) is 1. The van der Waals surface area contributed by atoms with Gasteiger partial charge in [0.2, 0.25) is 5.91 Å². The third-order valence-corrected chi connectivity index (χ3v) is 6.47. The van der Waals surface area contributed by atoms with Crippen LogP contribution >= 0.6 is 0 Å². The molecule has 1 atom stereocenters. The molecule has 0 aromatic heterocycles. The number of carbonyl (C=O) groups is 1. The van der Waals surface area contributed by atoms with Crippen molar-refractivity contribution >= 4 is 27.3 Å². The molecule has 0 fully saturated rings. The van der Waals surface area contributed by atoms with Crippen LogP contribution in [0.1, 0.15) is 31.7 Å². The van der Waals surface area contributed by atoms with Crippen LogP contribution in [-0.2, 0) is 21.2 Å². The summed E-state index contributed by atoms with van der Waals surface area (Å²) in [7, 11) is -3.86. The van der Waals surface area contributed by atoms with Crippen LogP contribution in [0.4, 0.5) is 11.4 Å². The maximum absolute atomic E-state index is 13.3. The number of anilines is 2. The van der Waals surface area contributed by atoms with Crippen LogP contribution in [0.15, 0.2) is 53.4 Å². The summed E-state index contributed by atoms with van der Waals surface area (Å²) in [6, 6.07) is 13.6. The van der Waals surface area contributed by atoms with E-state index in [0.717, 1.165) is 5.56 Å². The monoisotopic (exact) mass is 388 g/mol. The highest BCUT2D eigenvalue weighted by Gasteiger charge is 2.28. The van der Waals surface area contributed by atoms with Gasteiger partial charge in [0.1, 0.15) is 0 Å². The van der Waals surface area contributed by atoms with E-state index in [1.807, 2.05) is 13.0 Å². The van der Waals surface area contributed by atoms with E-state index in [2.05, 4.69) is 5.32 Å². The Hall–Kier alpha value is -2.38. The van der Waals surface area contributed by atoms with Gasteiger partial charge in [-0.15, -0.1) is 0 Å². The summed E-state index contributed by atoms with van der Waals surface area (Å²) in [5.41, 5.74) is 1.98. The van der Waals surface area contributed by atoms with Crippen molar-refractivity contribution in [3.8, 4) is 0 Å². The lowest BCUT2D eigenvalue weighted by Crippen LogP contribution is -2.37. The average Bonchev–Trinajstić information content (AvgIpc) is 2.86. The van der Waals surface area contributed by atoms with Crippen molar-refractivity contribution < 1.29 is 18.3 Å². The summed E-state index contributed by atoms with van der Waals surface area (Å²) >= 11 is 0. The maximum Gasteiger partial charge on any atom is 0.264 e. The molecule has 0 aliphatic carbocycles.